The van der Waals surface area contributed by atoms with Crippen LogP contribution in [0.1, 0.15) is 11.6 Å². The van der Waals surface area contributed by atoms with Crippen LogP contribution in [0.25, 0.3) is 11.0 Å². The number of nitrogens with zero attached hydrogens (tertiary/aromatic N) is 4. The highest BCUT2D eigenvalue weighted by Crippen LogP contribution is 2.24. The van der Waals surface area contributed by atoms with E-state index < -0.39 is 0 Å². The second-order valence-electron chi connectivity index (χ2n) is 5.81. The van der Waals surface area contributed by atoms with Gasteiger partial charge in [0.1, 0.15) is 12.1 Å². The van der Waals surface area contributed by atoms with Crippen LogP contribution in [0, 0.1) is 0 Å². The number of aromatic nitrogens is 4. The Morgan fingerprint density at radius 3 is 2.83 bits per heavy atom. The Morgan fingerprint density at radius 1 is 1.17 bits per heavy atom. The van der Waals surface area contributed by atoms with Crippen LogP contribution in [0.5, 0.6) is 0 Å². The molecule has 4 rings (SSSR count). The molecule has 7 nitrogen and oxygen atoms in total. The Labute approximate surface area is 140 Å². The number of H-pyrrole nitrogens is 1. The maximum Gasteiger partial charge on any atom is 0.160 e. The Hall–Kier alpha value is -2.51. The molecular weight excluding hydrogens is 304 g/mol. The van der Waals surface area contributed by atoms with Gasteiger partial charge in [-0.1, -0.05) is 30.3 Å². The predicted octanol–water partition coefficient (Wildman–Crippen LogP) is 1.84. The van der Waals surface area contributed by atoms with Gasteiger partial charge < -0.3 is 10.1 Å². The summed E-state index contributed by atoms with van der Waals surface area (Å²) < 4.78 is 5.50. The normalized spacial score (nSPS) is 17.0. The molecule has 0 spiro atoms. The fraction of sp³-hybridized carbons (Fsp3) is 0.353. The van der Waals surface area contributed by atoms with Crippen molar-refractivity contribution < 1.29 is 4.74 Å². The minimum Gasteiger partial charge on any atom is -0.379 e. The van der Waals surface area contributed by atoms with Crippen LogP contribution in [0.15, 0.2) is 42.9 Å². The topological polar surface area (TPSA) is 79.0 Å². The minimum atomic E-state index is 0.270. The molecule has 3 heterocycles. The van der Waals surface area contributed by atoms with E-state index in [2.05, 4.69) is 54.6 Å². The lowest BCUT2D eigenvalue weighted by Crippen LogP contribution is -2.41. The molecule has 1 aromatic carbocycles. The zero-order valence-electron chi connectivity index (χ0n) is 13.4. The van der Waals surface area contributed by atoms with Crippen molar-refractivity contribution in [2.75, 3.05) is 38.2 Å². The first-order valence-corrected chi connectivity index (χ1v) is 8.16. The van der Waals surface area contributed by atoms with Gasteiger partial charge in [0.25, 0.3) is 0 Å². The summed E-state index contributed by atoms with van der Waals surface area (Å²) in [5.74, 6) is 0.808. The average molecular weight is 324 g/mol. The second kappa shape index (κ2) is 6.94. The second-order valence-corrected chi connectivity index (χ2v) is 5.81. The van der Waals surface area contributed by atoms with Crippen LogP contribution in [0.3, 0.4) is 0 Å². The van der Waals surface area contributed by atoms with Crippen LogP contribution < -0.4 is 5.32 Å². The summed E-state index contributed by atoms with van der Waals surface area (Å²) in [6.07, 6.45) is 3.30. The van der Waals surface area contributed by atoms with Crippen molar-refractivity contribution in [3.8, 4) is 0 Å². The van der Waals surface area contributed by atoms with E-state index in [-0.39, 0.29) is 6.04 Å². The lowest BCUT2D eigenvalue weighted by atomic mass is 10.0. The summed E-state index contributed by atoms with van der Waals surface area (Å²) in [6.45, 7) is 4.20. The average Bonchev–Trinajstić information content (AvgIpc) is 3.13. The van der Waals surface area contributed by atoms with Gasteiger partial charge in [-0.2, -0.15) is 5.10 Å². The Bertz CT molecular complexity index is 784. The van der Waals surface area contributed by atoms with Gasteiger partial charge in [-0.05, 0) is 5.56 Å². The van der Waals surface area contributed by atoms with E-state index in [0.29, 0.717) is 0 Å². The van der Waals surface area contributed by atoms with Gasteiger partial charge in [0, 0.05) is 19.6 Å². The summed E-state index contributed by atoms with van der Waals surface area (Å²) in [5, 5.41) is 11.3. The third-order valence-corrected chi connectivity index (χ3v) is 4.38. The van der Waals surface area contributed by atoms with Crippen LogP contribution in [-0.4, -0.2) is 57.9 Å². The molecule has 7 heteroatoms. The zero-order chi connectivity index (χ0) is 16.2. The van der Waals surface area contributed by atoms with E-state index >= 15 is 0 Å². The van der Waals surface area contributed by atoms with Gasteiger partial charge in [0.15, 0.2) is 5.65 Å². The summed E-state index contributed by atoms with van der Waals surface area (Å²) >= 11 is 0. The number of benzene rings is 1. The van der Waals surface area contributed by atoms with Crippen molar-refractivity contribution in [3.63, 3.8) is 0 Å². The van der Waals surface area contributed by atoms with Crippen LogP contribution in [0.4, 0.5) is 5.82 Å². The van der Waals surface area contributed by atoms with Crippen LogP contribution in [0.2, 0.25) is 0 Å². The third kappa shape index (κ3) is 3.08. The molecule has 2 aromatic heterocycles. The first-order chi connectivity index (χ1) is 11.9. The van der Waals surface area contributed by atoms with Crippen LogP contribution >= 0.6 is 0 Å². The smallest absolute Gasteiger partial charge is 0.160 e. The highest BCUT2D eigenvalue weighted by molar-refractivity contribution is 5.85. The molecule has 0 bridgehead atoms. The highest BCUT2D eigenvalue weighted by Gasteiger charge is 2.22. The van der Waals surface area contributed by atoms with E-state index in [9.17, 15) is 0 Å². The SMILES string of the molecule is c1ccc([C@H](CNc2ncnc3[nH]ncc23)N2CCOCC2)cc1. The Balaban J connectivity index is 1.56. The molecule has 1 fully saturated rings. The van der Waals surface area contributed by atoms with Gasteiger partial charge >= 0.3 is 0 Å². The van der Waals surface area contributed by atoms with E-state index in [1.165, 1.54) is 5.56 Å². The number of hydrogen-bond acceptors (Lipinski definition) is 6. The van der Waals surface area contributed by atoms with E-state index in [4.69, 9.17) is 4.74 Å². The fourth-order valence-corrected chi connectivity index (χ4v) is 3.12. The van der Waals surface area contributed by atoms with Gasteiger partial charge in [0.2, 0.25) is 0 Å². The summed E-state index contributed by atoms with van der Waals surface area (Å²) in [5.41, 5.74) is 2.04. The number of morpholine rings is 1. The quantitative estimate of drug-likeness (QED) is 0.745. The number of aromatic amines is 1. The number of anilines is 1. The van der Waals surface area contributed by atoms with Gasteiger partial charge in [-0.15, -0.1) is 0 Å². The van der Waals surface area contributed by atoms with E-state index in [0.717, 1.165) is 49.7 Å². The number of ether oxygens (including phenoxy) is 1. The van der Waals surface area contributed by atoms with Crippen molar-refractivity contribution in [1.82, 2.24) is 25.1 Å². The monoisotopic (exact) mass is 324 g/mol. The number of rotatable bonds is 5. The first kappa shape index (κ1) is 15.0. The molecule has 3 aromatic rings. The van der Waals surface area contributed by atoms with E-state index in [1.54, 1.807) is 12.5 Å². The number of hydrogen-bond donors (Lipinski definition) is 2. The zero-order valence-corrected chi connectivity index (χ0v) is 13.4. The molecule has 0 saturated carbocycles. The molecule has 0 unspecified atom stereocenters. The molecule has 1 saturated heterocycles. The Morgan fingerprint density at radius 2 is 2.00 bits per heavy atom. The highest BCUT2D eigenvalue weighted by atomic mass is 16.5. The first-order valence-electron chi connectivity index (χ1n) is 8.16. The number of nitrogens with one attached hydrogen (secondary N) is 2. The molecule has 0 radical (unpaired) electrons. The van der Waals surface area contributed by atoms with Gasteiger partial charge in [-0.3, -0.25) is 10.00 Å². The van der Waals surface area contributed by atoms with Crippen molar-refractivity contribution in [1.29, 1.82) is 0 Å². The van der Waals surface area contributed by atoms with Gasteiger partial charge in [0.05, 0.1) is 30.8 Å². The molecule has 0 amide bonds. The van der Waals surface area contributed by atoms with Gasteiger partial charge in [-0.25, -0.2) is 9.97 Å². The maximum atomic E-state index is 5.50. The lowest BCUT2D eigenvalue weighted by molar-refractivity contribution is 0.0187. The molecule has 2 N–H and O–H groups in total. The summed E-state index contributed by atoms with van der Waals surface area (Å²) in [4.78, 5) is 11.0. The molecule has 1 aliphatic rings. The lowest BCUT2D eigenvalue weighted by Gasteiger charge is -2.35. The maximum absolute atomic E-state index is 5.50. The molecule has 0 aliphatic carbocycles. The van der Waals surface area contributed by atoms with Crippen molar-refractivity contribution in [3.05, 3.63) is 48.4 Å². The fourth-order valence-electron chi connectivity index (χ4n) is 3.12. The summed E-state index contributed by atoms with van der Waals surface area (Å²) in [6, 6.07) is 10.8. The van der Waals surface area contributed by atoms with E-state index in [1.807, 2.05) is 6.07 Å². The van der Waals surface area contributed by atoms with Crippen LogP contribution in [-0.2, 0) is 4.74 Å². The molecule has 124 valence electrons. The third-order valence-electron chi connectivity index (χ3n) is 4.38. The summed E-state index contributed by atoms with van der Waals surface area (Å²) in [7, 11) is 0. The largest absolute Gasteiger partial charge is 0.379 e. The Kier molecular flexibility index (Phi) is 4.35. The minimum absolute atomic E-state index is 0.270. The molecule has 1 atom stereocenters. The van der Waals surface area contributed by atoms with Crippen molar-refractivity contribution >= 4 is 16.9 Å². The van der Waals surface area contributed by atoms with Crippen molar-refractivity contribution in [2.45, 2.75) is 6.04 Å². The molecular formula is C17H20N6O. The molecule has 1 aliphatic heterocycles. The van der Waals surface area contributed by atoms with Crippen molar-refractivity contribution in [2.24, 2.45) is 0 Å². The number of fused-ring (bicyclic) bond motifs is 1. The molecule has 24 heavy (non-hydrogen) atoms. The standard InChI is InChI=1S/C17H20N6O/c1-2-4-13(5-3-1)15(23-6-8-24-9-7-23)11-18-16-14-10-21-22-17(14)20-12-19-16/h1-5,10,12,15H,6-9,11H2,(H2,18,19,20,21,22)/t15-/m0/s1. The predicted molar refractivity (Wildman–Crippen MR) is 91.7 cm³/mol.